The van der Waals surface area contributed by atoms with E-state index < -0.39 is 0 Å². The third-order valence-electron chi connectivity index (χ3n) is 4.78. The molecule has 5 rings (SSSR count). The van der Waals surface area contributed by atoms with E-state index in [-0.39, 0.29) is 12.5 Å². The van der Waals surface area contributed by atoms with Crippen LogP contribution in [0.1, 0.15) is 0 Å². The van der Waals surface area contributed by atoms with Gasteiger partial charge in [-0.2, -0.15) is 0 Å². The van der Waals surface area contributed by atoms with Gasteiger partial charge in [0, 0.05) is 30.5 Å². The van der Waals surface area contributed by atoms with Crippen molar-refractivity contribution in [2.24, 2.45) is 0 Å². The molecule has 138 valence electrons. The number of phenolic OH excluding ortho intramolecular Hbond substituents is 1. The Balaban J connectivity index is 1.48. The van der Waals surface area contributed by atoms with Crippen molar-refractivity contribution >= 4 is 5.69 Å². The van der Waals surface area contributed by atoms with E-state index in [0.717, 1.165) is 37.7 Å². The number of nitrogens with zero attached hydrogens (tertiary/aromatic N) is 4. The zero-order chi connectivity index (χ0) is 18.2. The number of aromatic nitrogens is 3. The van der Waals surface area contributed by atoms with Gasteiger partial charge in [-0.15, -0.1) is 10.2 Å². The lowest BCUT2D eigenvalue weighted by Crippen LogP contribution is -2.36. The summed E-state index contributed by atoms with van der Waals surface area (Å²) in [6.45, 7) is 3.43. The van der Waals surface area contributed by atoms with Crippen molar-refractivity contribution in [2.75, 3.05) is 38.0 Å². The lowest BCUT2D eigenvalue weighted by molar-refractivity contribution is 0.122. The molecule has 2 aliphatic heterocycles. The molecule has 2 aromatic carbocycles. The van der Waals surface area contributed by atoms with Crippen molar-refractivity contribution in [2.45, 2.75) is 0 Å². The zero-order valence-corrected chi connectivity index (χ0v) is 14.5. The number of fused-ring (bicyclic) bond motifs is 1. The fourth-order valence-electron chi connectivity index (χ4n) is 3.36. The summed E-state index contributed by atoms with van der Waals surface area (Å²) in [6, 6.07) is 11.4. The summed E-state index contributed by atoms with van der Waals surface area (Å²) in [6.07, 6.45) is 1.63. The Labute approximate surface area is 155 Å². The van der Waals surface area contributed by atoms with Gasteiger partial charge in [0.1, 0.15) is 12.1 Å². The smallest absolute Gasteiger partial charge is 0.231 e. The van der Waals surface area contributed by atoms with Gasteiger partial charge in [-0.05, 0) is 30.3 Å². The average Bonchev–Trinajstić information content (AvgIpc) is 3.37. The van der Waals surface area contributed by atoms with Crippen LogP contribution >= 0.6 is 0 Å². The lowest BCUT2D eigenvalue weighted by Gasteiger charge is -2.28. The monoisotopic (exact) mass is 366 g/mol. The van der Waals surface area contributed by atoms with Crippen molar-refractivity contribution in [3.63, 3.8) is 0 Å². The Hall–Kier alpha value is -3.26. The molecule has 8 nitrogen and oxygen atoms in total. The van der Waals surface area contributed by atoms with Crippen LogP contribution in [0.4, 0.5) is 5.69 Å². The van der Waals surface area contributed by atoms with Crippen LogP contribution in [0.25, 0.3) is 17.1 Å². The first-order valence-electron chi connectivity index (χ1n) is 8.76. The second-order valence-electron chi connectivity index (χ2n) is 6.36. The normalized spacial score (nSPS) is 15.9. The third-order valence-corrected chi connectivity index (χ3v) is 4.78. The van der Waals surface area contributed by atoms with Crippen LogP contribution in [0.2, 0.25) is 0 Å². The maximum Gasteiger partial charge on any atom is 0.231 e. The fourth-order valence-corrected chi connectivity index (χ4v) is 3.36. The summed E-state index contributed by atoms with van der Waals surface area (Å²) in [5, 5.41) is 18.6. The van der Waals surface area contributed by atoms with Gasteiger partial charge in [0.25, 0.3) is 0 Å². The van der Waals surface area contributed by atoms with Crippen LogP contribution in [0.5, 0.6) is 17.2 Å². The number of ether oxygens (including phenoxy) is 3. The van der Waals surface area contributed by atoms with Crippen LogP contribution in [-0.2, 0) is 4.74 Å². The molecule has 0 unspecified atom stereocenters. The molecule has 27 heavy (non-hydrogen) atoms. The molecule has 0 aliphatic carbocycles. The van der Waals surface area contributed by atoms with Crippen molar-refractivity contribution in [3.05, 3.63) is 42.7 Å². The first-order valence-corrected chi connectivity index (χ1v) is 8.76. The quantitative estimate of drug-likeness (QED) is 0.761. The van der Waals surface area contributed by atoms with Crippen molar-refractivity contribution in [1.29, 1.82) is 0 Å². The van der Waals surface area contributed by atoms with E-state index in [9.17, 15) is 5.11 Å². The van der Waals surface area contributed by atoms with Gasteiger partial charge < -0.3 is 24.2 Å². The third kappa shape index (κ3) is 2.83. The highest BCUT2D eigenvalue weighted by atomic mass is 16.7. The molecule has 0 amide bonds. The molecule has 3 aromatic rings. The summed E-state index contributed by atoms with van der Waals surface area (Å²) in [5.41, 5.74) is 2.60. The predicted molar refractivity (Wildman–Crippen MR) is 97.6 cm³/mol. The fraction of sp³-hybridized carbons (Fsp3) is 0.263. The standard InChI is InChI=1S/C19H18N4O4/c24-16-10-18-17(26-12-27-18)9-15(16)19-21-20-11-23(19)14-3-1-13(2-4-14)22-5-7-25-8-6-22/h1-4,9-11,24H,5-8,12H2. The Morgan fingerprint density at radius 2 is 1.63 bits per heavy atom. The molecule has 0 radical (unpaired) electrons. The summed E-state index contributed by atoms with van der Waals surface area (Å²) in [7, 11) is 0. The molecule has 0 saturated carbocycles. The number of benzene rings is 2. The number of phenols is 1. The van der Waals surface area contributed by atoms with Crippen LogP contribution in [0.15, 0.2) is 42.7 Å². The van der Waals surface area contributed by atoms with Crippen LogP contribution in [-0.4, -0.2) is 53.0 Å². The Morgan fingerprint density at radius 1 is 0.926 bits per heavy atom. The molecule has 1 saturated heterocycles. The molecule has 0 spiro atoms. The van der Waals surface area contributed by atoms with Crippen LogP contribution < -0.4 is 14.4 Å². The summed E-state index contributed by atoms with van der Waals surface area (Å²) in [5.74, 6) is 1.71. The minimum Gasteiger partial charge on any atom is -0.507 e. The highest BCUT2D eigenvalue weighted by Crippen LogP contribution is 2.41. The number of anilines is 1. The van der Waals surface area contributed by atoms with E-state index in [0.29, 0.717) is 22.9 Å². The molecule has 3 heterocycles. The van der Waals surface area contributed by atoms with Crippen molar-refractivity contribution < 1.29 is 19.3 Å². The van der Waals surface area contributed by atoms with E-state index in [4.69, 9.17) is 14.2 Å². The van der Waals surface area contributed by atoms with Gasteiger partial charge in [0.15, 0.2) is 17.3 Å². The largest absolute Gasteiger partial charge is 0.507 e. The van der Waals surface area contributed by atoms with Gasteiger partial charge in [-0.3, -0.25) is 4.57 Å². The van der Waals surface area contributed by atoms with E-state index in [1.807, 2.05) is 16.7 Å². The van der Waals surface area contributed by atoms with Crippen LogP contribution in [0.3, 0.4) is 0 Å². The molecule has 1 N–H and O–H groups in total. The van der Waals surface area contributed by atoms with Gasteiger partial charge in [0.05, 0.1) is 18.8 Å². The average molecular weight is 366 g/mol. The molecular formula is C19H18N4O4. The lowest BCUT2D eigenvalue weighted by atomic mass is 10.1. The van der Waals surface area contributed by atoms with E-state index in [1.54, 1.807) is 12.4 Å². The van der Waals surface area contributed by atoms with Gasteiger partial charge >= 0.3 is 0 Å². The molecule has 8 heteroatoms. The van der Waals surface area contributed by atoms with Gasteiger partial charge in [-0.25, -0.2) is 0 Å². The number of hydrogen-bond acceptors (Lipinski definition) is 7. The van der Waals surface area contributed by atoms with E-state index in [1.165, 1.54) is 6.07 Å². The molecule has 0 atom stereocenters. The summed E-state index contributed by atoms with van der Waals surface area (Å²) in [4.78, 5) is 2.30. The summed E-state index contributed by atoms with van der Waals surface area (Å²) < 4.78 is 18.0. The topological polar surface area (TPSA) is 81.9 Å². The number of rotatable bonds is 3. The minimum atomic E-state index is 0.0680. The minimum absolute atomic E-state index is 0.0680. The maximum absolute atomic E-state index is 10.4. The highest BCUT2D eigenvalue weighted by molar-refractivity contribution is 5.71. The molecule has 1 fully saturated rings. The van der Waals surface area contributed by atoms with E-state index >= 15 is 0 Å². The highest BCUT2D eigenvalue weighted by Gasteiger charge is 2.21. The second kappa shape index (κ2) is 6.48. The Bertz CT molecular complexity index is 964. The second-order valence-corrected chi connectivity index (χ2v) is 6.36. The number of hydrogen-bond donors (Lipinski definition) is 1. The van der Waals surface area contributed by atoms with Gasteiger partial charge in [0.2, 0.25) is 6.79 Å². The SMILES string of the molecule is Oc1cc2c(cc1-c1nncn1-c1ccc(N3CCOCC3)cc1)OCO2. The molecule has 0 bridgehead atoms. The maximum atomic E-state index is 10.4. The Morgan fingerprint density at radius 3 is 2.41 bits per heavy atom. The van der Waals surface area contributed by atoms with Crippen LogP contribution in [0, 0.1) is 0 Å². The number of morpholine rings is 1. The van der Waals surface area contributed by atoms with Gasteiger partial charge in [-0.1, -0.05) is 0 Å². The van der Waals surface area contributed by atoms with E-state index in [2.05, 4.69) is 27.2 Å². The summed E-state index contributed by atoms with van der Waals surface area (Å²) >= 11 is 0. The first kappa shape index (κ1) is 16.0. The molecule has 1 aromatic heterocycles. The first-order chi connectivity index (χ1) is 13.3. The Kier molecular flexibility index (Phi) is 3.83. The molecule has 2 aliphatic rings. The molecular weight excluding hydrogens is 348 g/mol. The zero-order valence-electron chi connectivity index (χ0n) is 14.5. The number of aromatic hydroxyl groups is 1. The van der Waals surface area contributed by atoms with Crippen molar-refractivity contribution in [1.82, 2.24) is 14.8 Å². The predicted octanol–water partition coefficient (Wildman–Crippen LogP) is 2.21. The van der Waals surface area contributed by atoms with Crippen molar-refractivity contribution in [3.8, 4) is 34.3 Å².